The van der Waals surface area contributed by atoms with E-state index >= 15 is 0 Å². The Hall–Kier alpha value is -3.68. The number of benzene rings is 2. The van der Waals surface area contributed by atoms with Crippen LogP contribution in [0.1, 0.15) is 20.7 Å². The molecule has 0 aliphatic carbocycles. The molecule has 0 atom stereocenters. The van der Waals surface area contributed by atoms with Gasteiger partial charge in [-0.2, -0.15) is 0 Å². The Morgan fingerprint density at radius 3 is 2.42 bits per heavy atom. The molecular formula is C22H15Cl2N5O2. The summed E-state index contributed by atoms with van der Waals surface area (Å²) in [4.78, 5) is 37.8. The van der Waals surface area contributed by atoms with Gasteiger partial charge in [0.25, 0.3) is 5.91 Å². The van der Waals surface area contributed by atoms with Crippen molar-refractivity contribution in [3.05, 3.63) is 94.4 Å². The number of aromatic nitrogens is 3. The maximum atomic E-state index is 13.5. The van der Waals surface area contributed by atoms with E-state index in [1.807, 2.05) is 12.1 Å². The number of halogens is 2. The Bertz CT molecular complexity index is 1260. The number of H-pyrrole nitrogens is 1. The van der Waals surface area contributed by atoms with Gasteiger partial charge in [-0.25, -0.2) is 9.88 Å². The molecule has 4 aromatic rings. The highest BCUT2D eigenvalue weighted by atomic mass is 35.5. The minimum Gasteiger partial charge on any atom is -0.366 e. The maximum absolute atomic E-state index is 13.5. The Labute approximate surface area is 187 Å². The molecule has 2 heterocycles. The summed E-state index contributed by atoms with van der Waals surface area (Å²) < 4.78 is 0. The lowest BCUT2D eigenvalue weighted by atomic mass is 10.1. The van der Waals surface area contributed by atoms with Gasteiger partial charge in [-0.15, -0.1) is 0 Å². The number of hydrogen-bond donors (Lipinski definition) is 2. The number of primary amides is 1. The summed E-state index contributed by atoms with van der Waals surface area (Å²) in [6.45, 7) is 0. The van der Waals surface area contributed by atoms with Gasteiger partial charge in [0, 0.05) is 29.7 Å². The zero-order valence-electron chi connectivity index (χ0n) is 15.9. The second-order valence-electron chi connectivity index (χ2n) is 6.49. The molecular weight excluding hydrogens is 437 g/mol. The first-order valence-electron chi connectivity index (χ1n) is 9.10. The van der Waals surface area contributed by atoms with Crippen LogP contribution >= 0.6 is 23.2 Å². The number of nitrogens with zero attached hydrogens (tertiary/aromatic N) is 3. The number of nitrogens with one attached hydrogen (secondary N) is 1. The fourth-order valence-electron chi connectivity index (χ4n) is 3.06. The molecule has 154 valence electrons. The van der Waals surface area contributed by atoms with Gasteiger partial charge in [0.2, 0.25) is 11.9 Å². The quantitative estimate of drug-likeness (QED) is 0.451. The lowest BCUT2D eigenvalue weighted by molar-refractivity contribution is 0.0987. The molecule has 0 aliphatic rings. The van der Waals surface area contributed by atoms with Crippen molar-refractivity contribution in [3.63, 3.8) is 0 Å². The van der Waals surface area contributed by atoms with E-state index in [4.69, 9.17) is 28.9 Å². The molecule has 0 unspecified atom stereocenters. The number of aromatic amines is 1. The number of carbonyl (C=O) groups is 2. The molecule has 7 nitrogen and oxygen atoms in total. The Morgan fingerprint density at radius 1 is 0.935 bits per heavy atom. The number of hydrogen-bond acceptors (Lipinski definition) is 4. The van der Waals surface area contributed by atoms with Crippen LogP contribution in [-0.2, 0) is 0 Å². The topological polar surface area (TPSA) is 105 Å². The van der Waals surface area contributed by atoms with Crippen molar-refractivity contribution in [3.8, 4) is 11.3 Å². The molecule has 0 saturated heterocycles. The second kappa shape index (κ2) is 8.59. The van der Waals surface area contributed by atoms with Gasteiger partial charge in [0.05, 0.1) is 27.0 Å². The van der Waals surface area contributed by atoms with E-state index < -0.39 is 11.8 Å². The predicted octanol–water partition coefficient (Wildman–Crippen LogP) is 4.86. The smallest absolute Gasteiger partial charge is 0.265 e. The highest BCUT2D eigenvalue weighted by Crippen LogP contribution is 2.34. The van der Waals surface area contributed by atoms with Crippen LogP contribution in [0, 0.1) is 0 Å². The van der Waals surface area contributed by atoms with E-state index in [0.29, 0.717) is 27.9 Å². The normalized spacial score (nSPS) is 10.6. The molecule has 31 heavy (non-hydrogen) atoms. The summed E-state index contributed by atoms with van der Waals surface area (Å²) >= 11 is 12.5. The average Bonchev–Trinajstić information content (AvgIpc) is 3.29. The molecule has 3 N–H and O–H groups in total. The largest absolute Gasteiger partial charge is 0.366 e. The first-order chi connectivity index (χ1) is 15.0. The molecule has 0 fully saturated rings. The molecule has 0 bridgehead atoms. The third-order valence-electron chi connectivity index (χ3n) is 4.53. The van der Waals surface area contributed by atoms with Crippen LogP contribution in [0.25, 0.3) is 11.3 Å². The summed E-state index contributed by atoms with van der Waals surface area (Å²) in [5, 5.41) is 0.575. The summed E-state index contributed by atoms with van der Waals surface area (Å²) in [6, 6.07) is 14.9. The van der Waals surface area contributed by atoms with Crippen LogP contribution in [0.15, 0.2) is 73.2 Å². The highest BCUT2D eigenvalue weighted by molar-refractivity contribution is 6.34. The van der Waals surface area contributed by atoms with E-state index in [0.717, 1.165) is 0 Å². The molecule has 2 aromatic heterocycles. The van der Waals surface area contributed by atoms with E-state index in [1.54, 1.807) is 36.7 Å². The van der Waals surface area contributed by atoms with Crippen LogP contribution in [0.4, 0.5) is 11.6 Å². The molecule has 0 aliphatic heterocycles. The molecule has 0 saturated carbocycles. The highest BCUT2D eigenvalue weighted by Gasteiger charge is 2.24. The number of rotatable bonds is 5. The van der Waals surface area contributed by atoms with Gasteiger partial charge in [0.1, 0.15) is 0 Å². The Balaban J connectivity index is 1.81. The second-order valence-corrected chi connectivity index (χ2v) is 7.31. The summed E-state index contributed by atoms with van der Waals surface area (Å²) in [5.41, 5.74) is 7.52. The van der Waals surface area contributed by atoms with Crippen molar-refractivity contribution in [2.24, 2.45) is 5.73 Å². The minimum absolute atomic E-state index is 0.0861. The zero-order valence-corrected chi connectivity index (χ0v) is 17.4. The number of anilines is 2. The van der Waals surface area contributed by atoms with E-state index in [-0.39, 0.29) is 16.1 Å². The van der Waals surface area contributed by atoms with Crippen LogP contribution in [-0.4, -0.2) is 26.8 Å². The van der Waals surface area contributed by atoms with Gasteiger partial charge < -0.3 is 10.7 Å². The number of imidazole rings is 1. The third kappa shape index (κ3) is 4.14. The Morgan fingerprint density at radius 2 is 1.77 bits per heavy atom. The van der Waals surface area contributed by atoms with Gasteiger partial charge in [-0.3, -0.25) is 14.6 Å². The molecule has 0 radical (unpaired) electrons. The SMILES string of the molecule is NC(=O)c1ccc(C(=O)N(c2ccc(Cl)c(-c3ccccn3)c2)c2ncc[nH]2)cc1Cl. The molecule has 9 heteroatoms. The Kier molecular flexibility index (Phi) is 5.70. The van der Waals surface area contributed by atoms with Crippen LogP contribution in [0.3, 0.4) is 0 Å². The zero-order chi connectivity index (χ0) is 22.0. The molecule has 4 rings (SSSR count). The standard InChI is InChI=1S/C22H15Cl2N5O2/c23-17-7-5-14(12-16(17)19-3-1-2-8-26-19)29(22-27-9-10-28-22)21(31)13-4-6-15(20(25)30)18(24)11-13/h1-12H,(H2,25,30)(H,27,28). The minimum atomic E-state index is -0.676. The van der Waals surface area contributed by atoms with Crippen molar-refractivity contribution in [2.75, 3.05) is 4.90 Å². The summed E-state index contributed by atoms with van der Waals surface area (Å²) in [7, 11) is 0. The van der Waals surface area contributed by atoms with Crippen LogP contribution < -0.4 is 10.6 Å². The maximum Gasteiger partial charge on any atom is 0.265 e. The lowest BCUT2D eigenvalue weighted by Crippen LogP contribution is -2.27. The van der Waals surface area contributed by atoms with Gasteiger partial charge in [0.15, 0.2) is 0 Å². The number of pyridine rings is 1. The van der Waals surface area contributed by atoms with Gasteiger partial charge in [-0.05, 0) is 48.5 Å². The fraction of sp³-hybridized carbons (Fsp3) is 0. The first kappa shape index (κ1) is 20.6. The summed E-state index contributed by atoms with van der Waals surface area (Å²) in [6.07, 6.45) is 4.80. The van der Waals surface area contributed by atoms with Gasteiger partial charge >= 0.3 is 0 Å². The average molecular weight is 452 g/mol. The lowest BCUT2D eigenvalue weighted by Gasteiger charge is -2.21. The number of amides is 2. The van der Waals surface area contributed by atoms with E-state index in [2.05, 4.69) is 15.0 Å². The molecule has 0 spiro atoms. The van der Waals surface area contributed by atoms with Crippen molar-refractivity contribution >= 4 is 46.7 Å². The van der Waals surface area contributed by atoms with Crippen molar-refractivity contribution < 1.29 is 9.59 Å². The number of carbonyl (C=O) groups excluding carboxylic acids is 2. The third-order valence-corrected chi connectivity index (χ3v) is 5.17. The van der Waals surface area contributed by atoms with E-state index in [9.17, 15) is 9.59 Å². The van der Waals surface area contributed by atoms with Crippen LogP contribution in [0.5, 0.6) is 0 Å². The molecule has 2 aromatic carbocycles. The number of nitrogens with two attached hydrogens (primary N) is 1. The monoisotopic (exact) mass is 451 g/mol. The van der Waals surface area contributed by atoms with Crippen molar-refractivity contribution in [2.45, 2.75) is 0 Å². The molecule has 2 amide bonds. The van der Waals surface area contributed by atoms with Crippen molar-refractivity contribution in [1.82, 2.24) is 15.0 Å². The van der Waals surface area contributed by atoms with Gasteiger partial charge in [-0.1, -0.05) is 29.3 Å². The first-order valence-corrected chi connectivity index (χ1v) is 9.85. The van der Waals surface area contributed by atoms with Crippen LogP contribution in [0.2, 0.25) is 10.0 Å². The van der Waals surface area contributed by atoms with Crippen molar-refractivity contribution in [1.29, 1.82) is 0 Å². The predicted molar refractivity (Wildman–Crippen MR) is 120 cm³/mol. The fourth-order valence-corrected chi connectivity index (χ4v) is 3.55. The summed E-state index contributed by atoms with van der Waals surface area (Å²) in [5.74, 6) is -0.791. The van der Waals surface area contributed by atoms with E-state index in [1.165, 1.54) is 29.3 Å².